The van der Waals surface area contributed by atoms with Crippen molar-refractivity contribution >= 4 is 43.5 Å². The molecule has 1 aromatic carbocycles. The van der Waals surface area contributed by atoms with E-state index in [0.717, 1.165) is 6.20 Å². The van der Waals surface area contributed by atoms with Gasteiger partial charge in [0.2, 0.25) is 5.43 Å². The topological polar surface area (TPSA) is 48.0 Å². The molecule has 0 aliphatic rings. The van der Waals surface area contributed by atoms with Gasteiger partial charge in [-0.1, -0.05) is 16.8 Å². The van der Waals surface area contributed by atoms with E-state index in [1.807, 2.05) is 0 Å². The van der Waals surface area contributed by atoms with Crippen molar-refractivity contribution in [3.63, 3.8) is 0 Å². The molecule has 0 aliphatic carbocycles. The fourth-order valence-electron chi connectivity index (χ4n) is 2.22. The number of halogens is 6. The number of nitrogens with zero attached hydrogens (tertiary/aromatic N) is 2. The lowest BCUT2D eigenvalue weighted by Gasteiger charge is -2.15. The minimum absolute atomic E-state index is 0.109. The zero-order valence-corrected chi connectivity index (χ0v) is 16.1. The quantitative estimate of drug-likeness (QED) is 0.476. The van der Waals surface area contributed by atoms with Crippen LogP contribution in [0.3, 0.4) is 0 Å². The Hall–Kier alpha value is -1.58. The van der Waals surface area contributed by atoms with Gasteiger partial charge >= 0.3 is 0 Å². The van der Waals surface area contributed by atoms with Gasteiger partial charge in [-0.2, -0.15) is 0 Å². The predicted molar refractivity (Wildman–Crippen MR) is 92.6 cm³/mol. The zero-order chi connectivity index (χ0) is 18.5. The first-order chi connectivity index (χ1) is 11.7. The highest BCUT2D eigenvalue weighted by Crippen LogP contribution is 2.36. The van der Waals surface area contributed by atoms with Crippen molar-refractivity contribution in [3.8, 4) is 17.1 Å². The van der Waals surface area contributed by atoms with Gasteiger partial charge in [0.15, 0.2) is 5.82 Å². The van der Waals surface area contributed by atoms with Crippen LogP contribution in [0, 0.1) is 24.4 Å². The zero-order valence-electron chi connectivity index (χ0n) is 12.2. The lowest BCUT2D eigenvalue weighted by Crippen LogP contribution is -2.14. The third-order valence-corrected chi connectivity index (χ3v) is 5.27. The fraction of sp³-hybridized carbons (Fsp3) is 0.0667. The second-order valence-corrected chi connectivity index (χ2v) is 6.95. The first kappa shape index (κ1) is 18.2. The molecule has 25 heavy (non-hydrogen) atoms. The molecule has 0 bridgehead atoms. The van der Waals surface area contributed by atoms with Crippen LogP contribution >= 0.6 is 43.5 Å². The summed E-state index contributed by atoms with van der Waals surface area (Å²) in [6.45, 7) is 1.61. The number of aryl methyl sites for hydroxylation is 1. The first-order valence-electron chi connectivity index (χ1n) is 6.60. The Morgan fingerprint density at radius 3 is 2.28 bits per heavy atom. The third kappa shape index (κ3) is 3.04. The van der Waals surface area contributed by atoms with Crippen LogP contribution in [0.5, 0.6) is 0 Å². The molecule has 0 aliphatic heterocycles. The molecule has 4 nitrogen and oxygen atoms in total. The fourth-order valence-corrected chi connectivity index (χ4v) is 3.46. The maximum atomic E-state index is 14.3. The van der Waals surface area contributed by atoms with Gasteiger partial charge in [0.1, 0.15) is 32.7 Å². The van der Waals surface area contributed by atoms with Crippen molar-refractivity contribution in [1.82, 2.24) is 9.72 Å². The smallest absolute Gasteiger partial charge is 0.214 e. The molecule has 10 heteroatoms. The van der Waals surface area contributed by atoms with E-state index in [2.05, 4.69) is 37.0 Å². The third-order valence-electron chi connectivity index (χ3n) is 3.35. The van der Waals surface area contributed by atoms with E-state index < -0.39 is 28.4 Å². The van der Waals surface area contributed by atoms with Gasteiger partial charge in [0.25, 0.3) is 0 Å². The van der Waals surface area contributed by atoms with E-state index >= 15 is 0 Å². The molecular formula is C15H6Br2ClF3N2O2. The summed E-state index contributed by atoms with van der Waals surface area (Å²) in [5.41, 5.74) is -1.53. The molecule has 0 radical (unpaired) electrons. The van der Waals surface area contributed by atoms with Gasteiger partial charge in [0, 0.05) is 18.3 Å². The van der Waals surface area contributed by atoms with Crippen molar-refractivity contribution in [1.29, 1.82) is 0 Å². The summed E-state index contributed by atoms with van der Waals surface area (Å²) in [6, 6.07) is 1.02. The number of pyridine rings is 1. The van der Waals surface area contributed by atoms with E-state index in [4.69, 9.17) is 16.1 Å². The summed E-state index contributed by atoms with van der Waals surface area (Å²) in [5, 5.41) is 3.58. The van der Waals surface area contributed by atoms with E-state index in [-0.39, 0.29) is 21.0 Å². The van der Waals surface area contributed by atoms with Crippen LogP contribution in [-0.4, -0.2) is 9.72 Å². The SMILES string of the molecule is Cc1onc(-n2cc(Cl)c(=O)c(Br)c2-c2c(F)cc(F)cc2F)c1Br. The Balaban J connectivity index is 2.47. The van der Waals surface area contributed by atoms with E-state index in [1.54, 1.807) is 6.92 Å². The number of rotatable bonds is 2. The van der Waals surface area contributed by atoms with Crippen molar-refractivity contribution < 1.29 is 17.7 Å². The van der Waals surface area contributed by atoms with E-state index in [9.17, 15) is 18.0 Å². The molecule has 2 aromatic heterocycles. The van der Waals surface area contributed by atoms with Crippen molar-refractivity contribution in [3.05, 3.63) is 65.7 Å². The highest BCUT2D eigenvalue weighted by atomic mass is 79.9. The summed E-state index contributed by atoms with van der Waals surface area (Å²) in [6.07, 6.45) is 1.15. The van der Waals surface area contributed by atoms with Crippen LogP contribution in [0.1, 0.15) is 5.76 Å². The lowest BCUT2D eigenvalue weighted by atomic mass is 10.1. The standard InChI is InChI=1S/C15H6Br2ClF3N2O2/c1-5-11(16)15(22-25-5)23-4-7(18)14(24)12(17)13(23)10-8(20)2-6(19)3-9(10)21/h2-4H,1H3. The minimum Gasteiger partial charge on any atom is -0.358 e. The molecule has 0 saturated heterocycles. The van der Waals surface area contributed by atoms with Crippen LogP contribution in [0.4, 0.5) is 13.2 Å². The molecule has 2 heterocycles. The Morgan fingerprint density at radius 1 is 1.16 bits per heavy atom. The first-order valence-corrected chi connectivity index (χ1v) is 8.56. The van der Waals surface area contributed by atoms with Gasteiger partial charge in [-0.05, 0) is 38.8 Å². The predicted octanol–water partition coefficient (Wildman–Crippen LogP) is 5.40. The number of benzene rings is 1. The molecule has 0 N–H and O–H groups in total. The summed E-state index contributed by atoms with van der Waals surface area (Å²) in [7, 11) is 0. The van der Waals surface area contributed by atoms with Crippen LogP contribution in [0.2, 0.25) is 5.02 Å². The monoisotopic (exact) mass is 496 g/mol. The largest absolute Gasteiger partial charge is 0.358 e. The molecule has 0 saturated carbocycles. The molecule has 0 fully saturated rings. The average Bonchev–Trinajstić information content (AvgIpc) is 2.85. The second-order valence-electron chi connectivity index (χ2n) is 4.96. The van der Waals surface area contributed by atoms with Crippen molar-refractivity contribution in [2.24, 2.45) is 0 Å². The molecule has 0 unspecified atom stereocenters. The normalized spacial score (nSPS) is 11.2. The van der Waals surface area contributed by atoms with Crippen molar-refractivity contribution in [2.75, 3.05) is 0 Å². The minimum atomic E-state index is -1.19. The molecular weight excluding hydrogens is 492 g/mol. The number of hydrogen-bond acceptors (Lipinski definition) is 3. The van der Waals surface area contributed by atoms with Crippen LogP contribution < -0.4 is 5.43 Å². The van der Waals surface area contributed by atoms with Crippen molar-refractivity contribution in [2.45, 2.75) is 6.92 Å². The highest BCUT2D eigenvalue weighted by molar-refractivity contribution is 9.11. The Kier molecular flexibility index (Phi) is 4.82. The lowest BCUT2D eigenvalue weighted by molar-refractivity contribution is 0.394. The van der Waals surface area contributed by atoms with E-state index in [0.29, 0.717) is 22.4 Å². The van der Waals surface area contributed by atoms with Gasteiger partial charge in [-0.15, -0.1) is 0 Å². The maximum Gasteiger partial charge on any atom is 0.214 e. The Morgan fingerprint density at radius 2 is 1.76 bits per heavy atom. The molecule has 0 spiro atoms. The van der Waals surface area contributed by atoms with Gasteiger partial charge in [0.05, 0.1) is 15.7 Å². The molecule has 3 rings (SSSR count). The highest BCUT2D eigenvalue weighted by Gasteiger charge is 2.25. The Labute approximate surface area is 160 Å². The molecule has 130 valence electrons. The van der Waals surface area contributed by atoms with Crippen LogP contribution in [0.15, 0.2) is 36.6 Å². The summed E-state index contributed by atoms with van der Waals surface area (Å²) in [5.74, 6) is -2.96. The number of hydrogen-bond donors (Lipinski definition) is 0. The summed E-state index contributed by atoms with van der Waals surface area (Å²) < 4.78 is 48.2. The molecule has 0 atom stereocenters. The maximum absolute atomic E-state index is 14.3. The number of aromatic nitrogens is 2. The van der Waals surface area contributed by atoms with Gasteiger partial charge in [-0.25, -0.2) is 13.2 Å². The Bertz CT molecular complexity index is 1040. The van der Waals surface area contributed by atoms with Crippen LogP contribution in [0.25, 0.3) is 17.1 Å². The van der Waals surface area contributed by atoms with E-state index in [1.165, 1.54) is 4.57 Å². The second kappa shape index (κ2) is 6.62. The van der Waals surface area contributed by atoms with Crippen LogP contribution in [-0.2, 0) is 0 Å². The summed E-state index contributed by atoms with van der Waals surface area (Å²) in [4.78, 5) is 12.2. The molecule has 3 aromatic rings. The average molecular weight is 498 g/mol. The van der Waals surface area contributed by atoms with Gasteiger partial charge < -0.3 is 4.52 Å². The van der Waals surface area contributed by atoms with Gasteiger partial charge in [-0.3, -0.25) is 9.36 Å². The molecule has 0 amide bonds. The summed E-state index contributed by atoms with van der Waals surface area (Å²) >= 11 is 12.2.